The summed E-state index contributed by atoms with van der Waals surface area (Å²) in [4.78, 5) is 15.4. The Bertz CT molecular complexity index is 521. The molecule has 0 unspecified atom stereocenters. The van der Waals surface area contributed by atoms with Crippen LogP contribution in [0.25, 0.3) is 10.9 Å². The Hall–Kier alpha value is -0.238. The molecule has 2 rings (SSSR count). The summed E-state index contributed by atoms with van der Waals surface area (Å²) >= 11 is 0. The van der Waals surface area contributed by atoms with Crippen molar-refractivity contribution in [2.75, 3.05) is 0 Å². The average molecular weight is 418 g/mol. The smallest absolute Gasteiger partial charge is 0.346 e. The number of benzene rings is 1. The van der Waals surface area contributed by atoms with Crippen molar-refractivity contribution in [2.24, 2.45) is 0 Å². The Morgan fingerprint density at radius 1 is 1.40 bits per heavy atom. The molecule has 1 aromatic heterocycles. The van der Waals surface area contributed by atoms with Crippen LogP contribution in [0.15, 0.2) is 33.5 Å². The van der Waals surface area contributed by atoms with E-state index in [0.717, 1.165) is 0 Å². The number of aliphatic hydroxyl groups is 1. The van der Waals surface area contributed by atoms with Crippen molar-refractivity contribution in [3.63, 3.8) is 0 Å². The molecule has 1 heterocycles. The van der Waals surface area contributed by atoms with Gasteiger partial charge in [0.1, 0.15) is 6.10 Å². The molecule has 0 saturated heterocycles. The molecule has 5 heteroatoms. The molecule has 0 bridgehead atoms. The van der Waals surface area contributed by atoms with Crippen molar-refractivity contribution >= 4 is 10.9 Å². The number of aromatic nitrogens is 1. The largest absolute Gasteiger partial charge is 0.405 e. The fourth-order valence-electron chi connectivity index (χ4n) is 1.21. The minimum Gasteiger partial charge on any atom is -0.405 e. The summed E-state index contributed by atoms with van der Waals surface area (Å²) in [5, 5.41) is 9.64. The number of nitrogens with zero attached hydrogens (tertiary/aromatic N) is 1. The van der Waals surface area contributed by atoms with Crippen LogP contribution in [0.3, 0.4) is 0 Å². The van der Waals surface area contributed by atoms with Gasteiger partial charge in [0.15, 0.2) is 0 Å². The Morgan fingerprint density at radius 2 is 2.07 bits per heavy atom. The Labute approximate surface area is 122 Å². The first kappa shape index (κ1) is 12.8. The molecule has 0 amide bonds. The quantitative estimate of drug-likeness (QED) is 0.758. The number of hydrogen-bond donors (Lipinski definition) is 1. The van der Waals surface area contributed by atoms with Gasteiger partial charge in [0.25, 0.3) is 0 Å². The third-order valence-electron chi connectivity index (χ3n) is 1.91. The van der Waals surface area contributed by atoms with Crippen molar-refractivity contribution in [1.82, 2.24) is 4.98 Å². The van der Waals surface area contributed by atoms with E-state index in [2.05, 4.69) is 4.98 Å². The third kappa shape index (κ3) is 2.66. The van der Waals surface area contributed by atoms with Gasteiger partial charge in [0.05, 0.1) is 10.9 Å². The molecule has 4 nitrogen and oxygen atoms in total. The molecule has 1 atom stereocenters. The van der Waals surface area contributed by atoms with Crippen LogP contribution in [0.1, 0.15) is 18.9 Å². The maximum atomic E-state index is 11.4. The second-order valence-electron chi connectivity index (χ2n) is 3.03. The second-order valence-corrected chi connectivity index (χ2v) is 3.03. The van der Waals surface area contributed by atoms with E-state index in [0.29, 0.717) is 10.9 Å². The van der Waals surface area contributed by atoms with E-state index in [1.807, 2.05) is 0 Å². The van der Waals surface area contributed by atoms with E-state index in [9.17, 15) is 9.90 Å². The van der Waals surface area contributed by atoms with Crippen molar-refractivity contribution in [3.05, 3.63) is 40.6 Å². The van der Waals surface area contributed by atoms with Gasteiger partial charge in [0.2, 0.25) is 5.89 Å². The molecule has 2 aromatic rings. The van der Waals surface area contributed by atoms with Gasteiger partial charge in [-0.05, 0) is 19.1 Å². The number of para-hydroxylation sites is 1. The van der Waals surface area contributed by atoms with Crippen molar-refractivity contribution in [1.29, 1.82) is 0 Å². The first-order valence-electron chi connectivity index (χ1n) is 4.26. The third-order valence-corrected chi connectivity index (χ3v) is 1.91. The SMILES string of the molecule is C[C@@H](O)c1nc2ccccc2c(=O)o1.[Ac]. The molecule has 1 radical (unpaired) electrons. The summed E-state index contributed by atoms with van der Waals surface area (Å²) in [5.74, 6) is 0.0497. The summed E-state index contributed by atoms with van der Waals surface area (Å²) in [6, 6.07) is 6.86. The van der Waals surface area contributed by atoms with Gasteiger partial charge in [-0.25, -0.2) is 9.78 Å². The molecule has 0 fully saturated rings. The van der Waals surface area contributed by atoms with Gasteiger partial charge in [-0.15, -0.1) is 0 Å². The normalized spacial score (nSPS) is 12.1. The van der Waals surface area contributed by atoms with Gasteiger partial charge in [0, 0.05) is 44.1 Å². The minimum atomic E-state index is -0.868. The summed E-state index contributed by atoms with van der Waals surface area (Å²) < 4.78 is 4.84. The minimum absolute atomic E-state index is 0. The standard InChI is InChI=1S/C10H9NO3.Ac/c1-6(12)9-11-8-5-3-2-4-7(8)10(13)14-9;/h2-6,12H,1H3;/t6-;/m1./s1. The maximum Gasteiger partial charge on any atom is 0.346 e. The zero-order valence-electron chi connectivity index (χ0n) is 8.18. The van der Waals surface area contributed by atoms with Crippen LogP contribution in [0, 0.1) is 44.1 Å². The average Bonchev–Trinajstić information content (AvgIpc) is 2.17. The summed E-state index contributed by atoms with van der Waals surface area (Å²) in [5.41, 5.74) is 0.0751. The van der Waals surface area contributed by atoms with Gasteiger partial charge < -0.3 is 9.52 Å². The predicted molar refractivity (Wildman–Crippen MR) is 50.9 cm³/mol. The molecule has 1 N–H and O–H groups in total. The molecule has 1 aromatic carbocycles. The zero-order chi connectivity index (χ0) is 10.1. The van der Waals surface area contributed by atoms with Crippen LogP contribution in [-0.2, 0) is 0 Å². The van der Waals surface area contributed by atoms with Crippen LogP contribution >= 0.6 is 0 Å². The number of aliphatic hydroxyl groups excluding tert-OH is 1. The Balaban J connectivity index is 0.00000112. The number of rotatable bonds is 1. The van der Waals surface area contributed by atoms with Crippen molar-refractivity contribution in [3.8, 4) is 0 Å². The first-order valence-corrected chi connectivity index (χ1v) is 4.26. The second kappa shape index (κ2) is 5.20. The molecule has 0 aliphatic heterocycles. The Kier molecular flexibility index (Phi) is 4.45. The van der Waals surface area contributed by atoms with E-state index >= 15 is 0 Å². The van der Waals surface area contributed by atoms with E-state index in [4.69, 9.17) is 4.42 Å². The van der Waals surface area contributed by atoms with Crippen LogP contribution < -0.4 is 5.63 Å². The molecule has 15 heavy (non-hydrogen) atoms. The van der Waals surface area contributed by atoms with Crippen LogP contribution in [0.5, 0.6) is 0 Å². The fourth-order valence-corrected chi connectivity index (χ4v) is 1.21. The van der Waals surface area contributed by atoms with Gasteiger partial charge >= 0.3 is 5.63 Å². The fraction of sp³-hybridized carbons (Fsp3) is 0.200. The van der Waals surface area contributed by atoms with Crippen molar-refractivity contribution < 1.29 is 53.6 Å². The van der Waals surface area contributed by atoms with Gasteiger partial charge in [-0.3, -0.25) is 0 Å². The van der Waals surface area contributed by atoms with Crippen LogP contribution in [-0.4, -0.2) is 10.1 Å². The van der Waals surface area contributed by atoms with E-state index in [1.54, 1.807) is 24.3 Å². The molecule has 0 saturated carbocycles. The Morgan fingerprint density at radius 3 is 2.73 bits per heavy atom. The predicted octanol–water partition coefficient (Wildman–Crippen LogP) is 1.24. The van der Waals surface area contributed by atoms with E-state index in [-0.39, 0.29) is 50.0 Å². The molecule has 0 spiro atoms. The first-order chi connectivity index (χ1) is 6.68. The molecule has 0 aliphatic carbocycles. The number of fused-ring (bicyclic) bond motifs is 1. The topological polar surface area (TPSA) is 63.3 Å². The zero-order valence-corrected chi connectivity index (χ0v) is 12.9. The molecule has 75 valence electrons. The number of hydrogen-bond acceptors (Lipinski definition) is 4. The van der Waals surface area contributed by atoms with Gasteiger partial charge in [-0.1, -0.05) is 12.1 Å². The van der Waals surface area contributed by atoms with Crippen LogP contribution in [0.4, 0.5) is 0 Å². The van der Waals surface area contributed by atoms with Gasteiger partial charge in [-0.2, -0.15) is 0 Å². The monoisotopic (exact) mass is 418 g/mol. The summed E-state index contributed by atoms with van der Waals surface area (Å²) in [6.45, 7) is 1.50. The van der Waals surface area contributed by atoms with E-state index < -0.39 is 11.7 Å². The molecule has 0 aliphatic rings. The molecular formula is C10H9AcNO3. The molecular weight excluding hydrogens is 409 g/mol. The summed E-state index contributed by atoms with van der Waals surface area (Å²) in [6.07, 6.45) is -0.868. The maximum absolute atomic E-state index is 11.4. The van der Waals surface area contributed by atoms with E-state index in [1.165, 1.54) is 6.92 Å². The summed E-state index contributed by atoms with van der Waals surface area (Å²) in [7, 11) is 0. The van der Waals surface area contributed by atoms with Crippen LogP contribution in [0.2, 0.25) is 0 Å². The van der Waals surface area contributed by atoms with Crippen molar-refractivity contribution in [2.45, 2.75) is 13.0 Å².